The van der Waals surface area contributed by atoms with Crippen LogP contribution >= 0.6 is 11.6 Å². The Bertz CT molecular complexity index is 981. The summed E-state index contributed by atoms with van der Waals surface area (Å²) in [5.41, 5.74) is 3.95. The molecule has 0 aliphatic carbocycles. The van der Waals surface area contributed by atoms with E-state index in [-0.39, 0.29) is 5.92 Å². The van der Waals surface area contributed by atoms with Crippen LogP contribution < -0.4 is 4.74 Å². The molecule has 2 heterocycles. The van der Waals surface area contributed by atoms with Gasteiger partial charge in [0, 0.05) is 28.4 Å². The number of methoxy groups -OCH3 is 1. The molecule has 0 aliphatic rings. The minimum Gasteiger partial charge on any atom is -0.481 e. The molecular formula is C22H22ClN3O. The van der Waals surface area contributed by atoms with Crippen LogP contribution in [0.4, 0.5) is 0 Å². The van der Waals surface area contributed by atoms with Crippen molar-refractivity contribution < 1.29 is 4.74 Å². The normalized spacial score (nSPS) is 11.9. The number of hydrogen-bond acceptors (Lipinski definition) is 4. The van der Waals surface area contributed by atoms with Crippen LogP contribution in [-0.2, 0) is 12.8 Å². The Kier molecular flexibility index (Phi) is 6.26. The summed E-state index contributed by atoms with van der Waals surface area (Å²) in [7, 11) is 1.64. The zero-order valence-electron chi connectivity index (χ0n) is 15.6. The van der Waals surface area contributed by atoms with E-state index in [1.165, 1.54) is 0 Å². The zero-order chi connectivity index (χ0) is 19.2. The third kappa shape index (κ3) is 4.37. The van der Waals surface area contributed by atoms with E-state index in [9.17, 15) is 5.26 Å². The Balaban J connectivity index is 1.77. The molecule has 3 aromatic rings. The second kappa shape index (κ2) is 8.83. The highest BCUT2D eigenvalue weighted by atomic mass is 35.5. The first-order valence-corrected chi connectivity index (χ1v) is 9.49. The topological polar surface area (TPSA) is 58.8 Å². The minimum atomic E-state index is -0.177. The molecule has 0 bridgehead atoms. The molecule has 138 valence electrons. The van der Waals surface area contributed by atoms with Crippen molar-refractivity contribution in [3.63, 3.8) is 0 Å². The van der Waals surface area contributed by atoms with E-state index in [0.29, 0.717) is 5.88 Å². The number of aryl methyl sites for hydroxylation is 2. The molecule has 5 heteroatoms. The van der Waals surface area contributed by atoms with Gasteiger partial charge in [-0.1, -0.05) is 30.7 Å². The first-order chi connectivity index (χ1) is 13.2. The van der Waals surface area contributed by atoms with Gasteiger partial charge in [0.25, 0.3) is 0 Å². The molecule has 1 unspecified atom stereocenters. The van der Waals surface area contributed by atoms with Gasteiger partial charge in [-0.2, -0.15) is 5.26 Å². The summed E-state index contributed by atoms with van der Waals surface area (Å²) in [6, 6.07) is 12.4. The minimum absolute atomic E-state index is 0.177. The van der Waals surface area contributed by atoms with Crippen LogP contribution in [0, 0.1) is 11.3 Å². The number of nitrogens with zero attached hydrogens (tertiary/aromatic N) is 3. The summed E-state index contributed by atoms with van der Waals surface area (Å²) in [6.45, 7) is 2.08. The lowest BCUT2D eigenvalue weighted by molar-refractivity contribution is 0.395. The second-order valence-electron chi connectivity index (χ2n) is 6.50. The quantitative estimate of drug-likeness (QED) is 0.545. The average Bonchev–Trinajstić information content (AvgIpc) is 2.71. The number of aromatic nitrogens is 2. The number of halogens is 1. The molecule has 27 heavy (non-hydrogen) atoms. The smallest absolute Gasteiger partial charge is 0.216 e. The number of hydrogen-bond donors (Lipinski definition) is 0. The maximum absolute atomic E-state index is 9.65. The highest BCUT2D eigenvalue weighted by Gasteiger charge is 2.13. The van der Waals surface area contributed by atoms with Gasteiger partial charge >= 0.3 is 0 Å². The van der Waals surface area contributed by atoms with Gasteiger partial charge in [-0.05, 0) is 55.0 Å². The molecule has 0 fully saturated rings. The van der Waals surface area contributed by atoms with Gasteiger partial charge < -0.3 is 4.74 Å². The standard InChI is InChI=1S/C22H22ClN3O/c1-3-15-11-17-8-7-16(12-21(17)26-22(15)27-2)18(13-24)5-4-6-19-14-25-10-9-20(19)23/h7-12,14,18H,3-6H2,1-2H3. The number of pyridine rings is 2. The van der Waals surface area contributed by atoms with E-state index in [2.05, 4.69) is 29.0 Å². The summed E-state index contributed by atoms with van der Waals surface area (Å²) >= 11 is 6.18. The first kappa shape index (κ1) is 19.1. The highest BCUT2D eigenvalue weighted by molar-refractivity contribution is 6.31. The van der Waals surface area contributed by atoms with Crippen molar-refractivity contribution in [1.82, 2.24) is 9.97 Å². The Morgan fingerprint density at radius 3 is 2.78 bits per heavy atom. The monoisotopic (exact) mass is 379 g/mol. The van der Waals surface area contributed by atoms with Crippen molar-refractivity contribution in [1.29, 1.82) is 5.26 Å². The number of nitriles is 1. The molecule has 0 aliphatic heterocycles. The maximum atomic E-state index is 9.65. The van der Waals surface area contributed by atoms with Gasteiger partial charge in [0.05, 0.1) is 24.6 Å². The van der Waals surface area contributed by atoms with Crippen molar-refractivity contribution in [3.05, 3.63) is 64.4 Å². The molecule has 0 amide bonds. The van der Waals surface area contributed by atoms with Crippen LogP contribution in [0.15, 0.2) is 42.7 Å². The van der Waals surface area contributed by atoms with Crippen LogP contribution in [0.25, 0.3) is 10.9 Å². The van der Waals surface area contributed by atoms with Crippen molar-refractivity contribution >= 4 is 22.5 Å². The predicted octanol–water partition coefficient (Wildman–Crippen LogP) is 5.48. The fraction of sp³-hybridized carbons (Fsp3) is 0.318. The lowest BCUT2D eigenvalue weighted by atomic mass is 9.93. The number of benzene rings is 1. The molecule has 0 saturated heterocycles. The number of ether oxygens (including phenoxy) is 1. The molecule has 0 radical (unpaired) electrons. The van der Waals surface area contributed by atoms with Crippen LogP contribution in [0.1, 0.15) is 42.4 Å². The third-order valence-corrected chi connectivity index (χ3v) is 5.17. The summed E-state index contributed by atoms with van der Waals surface area (Å²) in [5.74, 6) is 0.477. The molecule has 3 rings (SSSR count). The molecule has 1 aromatic carbocycles. The Morgan fingerprint density at radius 1 is 1.22 bits per heavy atom. The Hall–Kier alpha value is -2.64. The summed E-state index contributed by atoms with van der Waals surface area (Å²) in [6.07, 6.45) is 6.78. The van der Waals surface area contributed by atoms with Crippen molar-refractivity contribution in [2.24, 2.45) is 0 Å². The van der Waals surface area contributed by atoms with Gasteiger partial charge in [0.1, 0.15) is 0 Å². The van der Waals surface area contributed by atoms with Crippen molar-refractivity contribution in [2.75, 3.05) is 7.11 Å². The van der Waals surface area contributed by atoms with Gasteiger partial charge in [-0.25, -0.2) is 4.98 Å². The SMILES string of the molecule is CCc1cc2ccc(C(C#N)CCCc3cnccc3Cl)cc2nc1OC. The zero-order valence-corrected chi connectivity index (χ0v) is 16.3. The van der Waals surface area contributed by atoms with Crippen molar-refractivity contribution in [3.8, 4) is 11.9 Å². The number of rotatable bonds is 7. The molecule has 0 N–H and O–H groups in total. The molecular weight excluding hydrogens is 358 g/mol. The van der Waals surface area contributed by atoms with E-state index in [0.717, 1.165) is 58.3 Å². The Morgan fingerprint density at radius 2 is 2.07 bits per heavy atom. The van der Waals surface area contributed by atoms with Gasteiger partial charge in [-0.3, -0.25) is 4.98 Å². The van der Waals surface area contributed by atoms with Crippen LogP contribution in [0.3, 0.4) is 0 Å². The fourth-order valence-electron chi connectivity index (χ4n) is 3.25. The summed E-state index contributed by atoms with van der Waals surface area (Å²) in [5, 5.41) is 11.4. The Labute approximate surface area is 164 Å². The predicted molar refractivity (Wildman–Crippen MR) is 108 cm³/mol. The summed E-state index contributed by atoms with van der Waals surface area (Å²) in [4.78, 5) is 8.74. The molecule has 0 saturated carbocycles. The van der Waals surface area contributed by atoms with E-state index in [4.69, 9.17) is 16.3 Å². The molecule has 2 aromatic heterocycles. The van der Waals surface area contributed by atoms with Gasteiger partial charge in [0.15, 0.2) is 0 Å². The van der Waals surface area contributed by atoms with Gasteiger partial charge in [0.2, 0.25) is 5.88 Å². The van der Waals surface area contributed by atoms with Crippen LogP contribution in [0.5, 0.6) is 5.88 Å². The number of fused-ring (bicyclic) bond motifs is 1. The van der Waals surface area contributed by atoms with E-state index >= 15 is 0 Å². The first-order valence-electron chi connectivity index (χ1n) is 9.11. The van der Waals surface area contributed by atoms with Gasteiger partial charge in [-0.15, -0.1) is 0 Å². The summed E-state index contributed by atoms with van der Waals surface area (Å²) < 4.78 is 5.40. The third-order valence-electron chi connectivity index (χ3n) is 4.80. The lowest BCUT2D eigenvalue weighted by Crippen LogP contribution is -2.00. The molecule has 1 atom stereocenters. The average molecular weight is 380 g/mol. The fourth-order valence-corrected chi connectivity index (χ4v) is 3.45. The van der Waals surface area contributed by atoms with Crippen molar-refractivity contribution in [2.45, 2.75) is 38.5 Å². The highest BCUT2D eigenvalue weighted by Crippen LogP contribution is 2.28. The molecule has 4 nitrogen and oxygen atoms in total. The lowest BCUT2D eigenvalue weighted by Gasteiger charge is -2.12. The van der Waals surface area contributed by atoms with Crippen LogP contribution in [0.2, 0.25) is 5.02 Å². The maximum Gasteiger partial charge on any atom is 0.216 e. The van der Waals surface area contributed by atoms with Crippen LogP contribution in [-0.4, -0.2) is 17.1 Å². The molecule has 0 spiro atoms. The van der Waals surface area contributed by atoms with E-state index < -0.39 is 0 Å². The largest absolute Gasteiger partial charge is 0.481 e. The van der Waals surface area contributed by atoms with E-state index in [1.807, 2.05) is 18.2 Å². The van der Waals surface area contributed by atoms with E-state index in [1.54, 1.807) is 25.6 Å². The second-order valence-corrected chi connectivity index (χ2v) is 6.91.